The molecule has 1 aromatic rings. The van der Waals surface area contributed by atoms with Crippen LogP contribution in [-0.4, -0.2) is 47.1 Å². The predicted molar refractivity (Wildman–Crippen MR) is 86.0 cm³/mol. The lowest BCUT2D eigenvalue weighted by atomic mass is 10.1. The van der Waals surface area contributed by atoms with E-state index in [1.54, 1.807) is 24.3 Å². The van der Waals surface area contributed by atoms with Gasteiger partial charge in [-0.2, -0.15) is 0 Å². The molecule has 1 aromatic carbocycles. The Hall–Kier alpha value is -1.50. The van der Waals surface area contributed by atoms with Gasteiger partial charge in [0.1, 0.15) is 4.99 Å². The summed E-state index contributed by atoms with van der Waals surface area (Å²) in [6, 6.07) is 7.55. The maximum atomic E-state index is 11.7. The number of aliphatic hydroxyl groups excluding tert-OH is 1. The predicted octanol–water partition coefficient (Wildman–Crippen LogP) is 0.565. The van der Waals surface area contributed by atoms with E-state index in [9.17, 15) is 9.90 Å². The standard InChI is InChI=1S/C15H21N3O2S/c1-18(9-14(20)17-12-6-7-12)8-13(19)10-2-4-11(5-3-10)15(16)21/h2-5,12-13,19H,6-9H2,1H3,(H2,16,21)(H,17,20). The second kappa shape index (κ2) is 6.98. The van der Waals surface area contributed by atoms with E-state index >= 15 is 0 Å². The molecular formula is C15H21N3O2S. The fourth-order valence-corrected chi connectivity index (χ4v) is 2.22. The third kappa shape index (κ3) is 5.08. The zero-order valence-corrected chi connectivity index (χ0v) is 12.9. The number of likely N-dealkylation sites (N-methyl/N-ethyl adjacent to an activating group) is 1. The van der Waals surface area contributed by atoms with Crippen LogP contribution in [0.4, 0.5) is 0 Å². The Labute approximate surface area is 130 Å². The van der Waals surface area contributed by atoms with Crippen molar-refractivity contribution in [3.05, 3.63) is 35.4 Å². The Morgan fingerprint density at radius 3 is 2.62 bits per heavy atom. The van der Waals surface area contributed by atoms with Gasteiger partial charge in [-0.25, -0.2) is 0 Å². The van der Waals surface area contributed by atoms with Crippen LogP contribution in [0.3, 0.4) is 0 Å². The maximum absolute atomic E-state index is 11.7. The summed E-state index contributed by atoms with van der Waals surface area (Å²) in [5.41, 5.74) is 7.09. The molecule has 1 saturated carbocycles. The van der Waals surface area contributed by atoms with Gasteiger partial charge in [0, 0.05) is 18.2 Å². The van der Waals surface area contributed by atoms with Gasteiger partial charge in [-0.3, -0.25) is 9.69 Å². The zero-order valence-electron chi connectivity index (χ0n) is 12.1. The average molecular weight is 307 g/mol. The quantitative estimate of drug-likeness (QED) is 0.642. The number of hydrogen-bond donors (Lipinski definition) is 3. The molecule has 5 nitrogen and oxygen atoms in total. The number of carbonyl (C=O) groups excluding carboxylic acids is 1. The van der Waals surface area contributed by atoms with Gasteiger partial charge in [0.25, 0.3) is 0 Å². The van der Waals surface area contributed by atoms with Gasteiger partial charge in [-0.15, -0.1) is 0 Å². The van der Waals surface area contributed by atoms with Crippen LogP contribution >= 0.6 is 12.2 Å². The van der Waals surface area contributed by atoms with E-state index < -0.39 is 6.10 Å². The SMILES string of the molecule is CN(CC(=O)NC1CC1)CC(O)c1ccc(C(N)=S)cc1. The van der Waals surface area contributed by atoms with Crippen LogP contribution in [0.1, 0.15) is 30.1 Å². The smallest absolute Gasteiger partial charge is 0.234 e. The van der Waals surface area contributed by atoms with Crippen molar-refractivity contribution in [1.29, 1.82) is 0 Å². The van der Waals surface area contributed by atoms with E-state index in [2.05, 4.69) is 5.32 Å². The minimum Gasteiger partial charge on any atom is -0.389 e. The Kier molecular flexibility index (Phi) is 5.27. The largest absolute Gasteiger partial charge is 0.389 e. The van der Waals surface area contributed by atoms with Crippen molar-refractivity contribution in [2.24, 2.45) is 5.73 Å². The van der Waals surface area contributed by atoms with Gasteiger partial charge in [0.15, 0.2) is 0 Å². The lowest BCUT2D eigenvalue weighted by Gasteiger charge is -2.20. The molecule has 0 heterocycles. The second-order valence-electron chi connectivity index (χ2n) is 5.54. The first-order chi connectivity index (χ1) is 9.95. The summed E-state index contributed by atoms with van der Waals surface area (Å²) in [5, 5.41) is 13.1. The van der Waals surface area contributed by atoms with Gasteiger partial charge in [0.05, 0.1) is 12.6 Å². The highest BCUT2D eigenvalue weighted by molar-refractivity contribution is 7.80. The first-order valence-electron chi connectivity index (χ1n) is 7.01. The topological polar surface area (TPSA) is 78.6 Å². The molecule has 0 bridgehead atoms. The number of nitrogens with two attached hydrogens (primary N) is 1. The summed E-state index contributed by atoms with van der Waals surface area (Å²) in [5.74, 6) is 0.0102. The fourth-order valence-electron chi connectivity index (χ4n) is 2.08. The highest BCUT2D eigenvalue weighted by Gasteiger charge is 2.23. The van der Waals surface area contributed by atoms with Gasteiger partial charge >= 0.3 is 0 Å². The van der Waals surface area contributed by atoms with Gasteiger partial charge in [0.2, 0.25) is 5.91 Å². The Morgan fingerprint density at radius 2 is 2.10 bits per heavy atom. The number of aliphatic hydroxyl groups is 1. The monoisotopic (exact) mass is 307 g/mol. The molecule has 0 radical (unpaired) electrons. The van der Waals surface area contributed by atoms with Gasteiger partial charge in [-0.05, 0) is 25.5 Å². The average Bonchev–Trinajstić information content (AvgIpc) is 3.22. The van der Waals surface area contributed by atoms with Crippen molar-refractivity contribution >= 4 is 23.1 Å². The third-order valence-electron chi connectivity index (χ3n) is 3.42. The number of hydrogen-bond acceptors (Lipinski definition) is 4. The summed E-state index contributed by atoms with van der Waals surface area (Å²) >= 11 is 4.89. The van der Waals surface area contributed by atoms with Crippen LogP contribution in [-0.2, 0) is 4.79 Å². The molecule has 1 unspecified atom stereocenters. The molecule has 0 aliphatic heterocycles. The molecule has 4 N–H and O–H groups in total. The number of rotatable bonds is 7. The minimum atomic E-state index is -0.649. The first-order valence-corrected chi connectivity index (χ1v) is 7.42. The third-order valence-corrected chi connectivity index (χ3v) is 3.66. The van der Waals surface area contributed by atoms with E-state index in [1.165, 1.54) is 0 Å². The molecule has 0 saturated heterocycles. The normalized spacial score (nSPS) is 15.8. The summed E-state index contributed by atoms with van der Waals surface area (Å²) in [6.45, 7) is 0.684. The molecular weight excluding hydrogens is 286 g/mol. The number of benzene rings is 1. The number of nitrogens with zero attached hydrogens (tertiary/aromatic N) is 1. The highest BCUT2D eigenvalue weighted by atomic mass is 32.1. The lowest BCUT2D eigenvalue weighted by Crippen LogP contribution is -2.37. The summed E-state index contributed by atoms with van der Waals surface area (Å²) in [7, 11) is 1.82. The molecule has 0 spiro atoms. The van der Waals surface area contributed by atoms with Crippen molar-refractivity contribution in [2.45, 2.75) is 25.0 Å². The molecule has 114 valence electrons. The van der Waals surface area contributed by atoms with Crippen LogP contribution < -0.4 is 11.1 Å². The lowest BCUT2D eigenvalue weighted by molar-refractivity contribution is -0.122. The second-order valence-corrected chi connectivity index (χ2v) is 5.98. The van der Waals surface area contributed by atoms with Gasteiger partial charge < -0.3 is 16.2 Å². The number of amides is 1. The highest BCUT2D eigenvalue weighted by Crippen LogP contribution is 2.18. The van der Waals surface area contributed by atoms with Crippen molar-refractivity contribution < 1.29 is 9.90 Å². The number of carbonyl (C=O) groups is 1. The van der Waals surface area contributed by atoms with Crippen LogP contribution in [0.2, 0.25) is 0 Å². The fraction of sp³-hybridized carbons (Fsp3) is 0.467. The molecule has 0 aromatic heterocycles. The van der Waals surface area contributed by atoms with Crippen LogP contribution in [0, 0.1) is 0 Å². The zero-order chi connectivity index (χ0) is 15.4. The van der Waals surface area contributed by atoms with Crippen molar-refractivity contribution in [3.8, 4) is 0 Å². The number of nitrogens with one attached hydrogen (secondary N) is 1. The van der Waals surface area contributed by atoms with Crippen molar-refractivity contribution in [2.75, 3.05) is 20.1 Å². The van der Waals surface area contributed by atoms with Crippen molar-refractivity contribution in [1.82, 2.24) is 10.2 Å². The van der Waals surface area contributed by atoms with E-state index in [1.807, 2.05) is 11.9 Å². The molecule has 1 atom stereocenters. The van der Waals surface area contributed by atoms with Gasteiger partial charge in [-0.1, -0.05) is 36.5 Å². The molecule has 1 aliphatic rings. The summed E-state index contributed by atoms with van der Waals surface area (Å²) in [4.78, 5) is 13.8. The van der Waals surface area contributed by atoms with E-state index in [-0.39, 0.29) is 5.91 Å². The van der Waals surface area contributed by atoms with Crippen molar-refractivity contribution in [3.63, 3.8) is 0 Å². The molecule has 2 rings (SSSR count). The van der Waals surface area contributed by atoms with Crippen LogP contribution in [0.5, 0.6) is 0 Å². The molecule has 1 aliphatic carbocycles. The molecule has 1 amide bonds. The summed E-state index contributed by atoms with van der Waals surface area (Å²) < 4.78 is 0. The van der Waals surface area contributed by atoms with E-state index in [0.29, 0.717) is 24.1 Å². The Balaban J connectivity index is 1.82. The molecule has 1 fully saturated rings. The maximum Gasteiger partial charge on any atom is 0.234 e. The summed E-state index contributed by atoms with van der Waals surface area (Å²) in [6.07, 6.45) is 1.50. The van der Waals surface area contributed by atoms with E-state index in [4.69, 9.17) is 18.0 Å². The minimum absolute atomic E-state index is 0.0102. The van der Waals surface area contributed by atoms with E-state index in [0.717, 1.165) is 24.0 Å². The molecule has 21 heavy (non-hydrogen) atoms. The first kappa shape index (κ1) is 15.9. The Morgan fingerprint density at radius 1 is 1.48 bits per heavy atom. The molecule has 6 heteroatoms. The Bertz CT molecular complexity index is 514. The number of thiocarbonyl (C=S) groups is 1. The van der Waals surface area contributed by atoms with Crippen LogP contribution in [0.15, 0.2) is 24.3 Å². The van der Waals surface area contributed by atoms with Crippen LogP contribution in [0.25, 0.3) is 0 Å².